The van der Waals surface area contributed by atoms with Crippen molar-refractivity contribution in [1.82, 2.24) is 4.90 Å². The normalized spacial score (nSPS) is 9.79. The fourth-order valence-corrected chi connectivity index (χ4v) is 1.51. The SMILES string of the molecule is C=CCN(CC)C(=O)Nc1ccc(F)cc1C(=O)O. The Balaban J connectivity index is 2.95. The molecule has 2 N–H and O–H groups in total. The molecule has 0 saturated carbocycles. The van der Waals surface area contributed by atoms with Gasteiger partial charge in [-0.05, 0) is 25.1 Å². The zero-order valence-corrected chi connectivity index (χ0v) is 10.5. The number of urea groups is 1. The van der Waals surface area contributed by atoms with Gasteiger partial charge in [-0.25, -0.2) is 14.0 Å². The van der Waals surface area contributed by atoms with Crippen molar-refractivity contribution in [2.24, 2.45) is 0 Å². The Labute approximate surface area is 110 Å². The minimum absolute atomic E-state index is 0.0569. The zero-order chi connectivity index (χ0) is 14.4. The molecule has 5 nitrogen and oxygen atoms in total. The molecular formula is C13H15FN2O3. The molecule has 0 heterocycles. The number of carboxylic acids is 1. The maximum Gasteiger partial charge on any atom is 0.337 e. The van der Waals surface area contributed by atoms with E-state index in [-0.39, 0.29) is 11.3 Å². The molecule has 0 radical (unpaired) electrons. The Bertz CT molecular complexity index is 503. The summed E-state index contributed by atoms with van der Waals surface area (Å²) in [5.41, 5.74) is -0.232. The lowest BCUT2D eigenvalue weighted by Gasteiger charge is -2.20. The Morgan fingerprint density at radius 3 is 2.74 bits per heavy atom. The molecule has 1 aromatic carbocycles. The van der Waals surface area contributed by atoms with Crippen LogP contribution in [0.5, 0.6) is 0 Å². The minimum Gasteiger partial charge on any atom is -0.478 e. The Morgan fingerprint density at radius 2 is 2.21 bits per heavy atom. The van der Waals surface area contributed by atoms with Crippen LogP contribution in [-0.4, -0.2) is 35.1 Å². The number of aromatic carboxylic acids is 1. The average molecular weight is 266 g/mol. The van der Waals surface area contributed by atoms with E-state index in [1.807, 2.05) is 0 Å². The number of benzene rings is 1. The Hall–Kier alpha value is -2.37. The standard InChI is InChI=1S/C13H15FN2O3/c1-3-7-16(4-2)13(19)15-11-6-5-9(14)8-10(11)12(17)18/h3,5-6,8H,1,4,7H2,2H3,(H,15,19)(H,17,18). The summed E-state index contributed by atoms with van der Waals surface area (Å²) in [5.74, 6) is -1.98. The summed E-state index contributed by atoms with van der Waals surface area (Å²) in [4.78, 5) is 24.3. The third-order valence-electron chi connectivity index (χ3n) is 2.47. The van der Waals surface area contributed by atoms with Crippen LogP contribution in [-0.2, 0) is 0 Å². The fraction of sp³-hybridized carbons (Fsp3) is 0.231. The second-order valence-corrected chi connectivity index (χ2v) is 3.75. The van der Waals surface area contributed by atoms with Gasteiger partial charge in [0.2, 0.25) is 0 Å². The number of nitrogens with zero attached hydrogens (tertiary/aromatic N) is 1. The van der Waals surface area contributed by atoms with Crippen molar-refractivity contribution in [2.45, 2.75) is 6.92 Å². The quantitative estimate of drug-likeness (QED) is 0.805. The van der Waals surface area contributed by atoms with Crippen LogP contribution in [0.15, 0.2) is 30.9 Å². The van der Waals surface area contributed by atoms with Gasteiger partial charge in [-0.1, -0.05) is 6.08 Å². The van der Waals surface area contributed by atoms with E-state index in [0.29, 0.717) is 13.1 Å². The van der Waals surface area contributed by atoms with Crippen molar-refractivity contribution in [1.29, 1.82) is 0 Å². The molecule has 1 aromatic rings. The summed E-state index contributed by atoms with van der Waals surface area (Å²) >= 11 is 0. The van der Waals surface area contributed by atoms with E-state index >= 15 is 0 Å². The number of carbonyl (C=O) groups is 2. The molecule has 0 aliphatic rings. The molecular weight excluding hydrogens is 251 g/mol. The molecule has 102 valence electrons. The lowest BCUT2D eigenvalue weighted by Crippen LogP contribution is -2.35. The first-order valence-electron chi connectivity index (χ1n) is 5.69. The van der Waals surface area contributed by atoms with E-state index < -0.39 is 17.8 Å². The average Bonchev–Trinajstić information content (AvgIpc) is 2.37. The van der Waals surface area contributed by atoms with Gasteiger partial charge < -0.3 is 15.3 Å². The number of hydrogen-bond acceptors (Lipinski definition) is 2. The molecule has 0 fully saturated rings. The van der Waals surface area contributed by atoms with E-state index in [1.165, 1.54) is 11.0 Å². The van der Waals surface area contributed by atoms with Crippen LogP contribution in [0.4, 0.5) is 14.9 Å². The van der Waals surface area contributed by atoms with Gasteiger partial charge in [-0.15, -0.1) is 6.58 Å². The summed E-state index contributed by atoms with van der Waals surface area (Å²) in [6.07, 6.45) is 1.56. The van der Waals surface area contributed by atoms with Crippen LogP contribution in [0.3, 0.4) is 0 Å². The van der Waals surface area contributed by atoms with Crippen molar-refractivity contribution in [2.75, 3.05) is 18.4 Å². The van der Waals surface area contributed by atoms with Crippen molar-refractivity contribution in [3.05, 3.63) is 42.2 Å². The molecule has 0 atom stereocenters. The van der Waals surface area contributed by atoms with E-state index in [9.17, 15) is 14.0 Å². The molecule has 1 rings (SSSR count). The van der Waals surface area contributed by atoms with Crippen LogP contribution in [0, 0.1) is 5.82 Å². The van der Waals surface area contributed by atoms with Crippen molar-refractivity contribution >= 4 is 17.7 Å². The number of halogens is 1. The highest BCUT2D eigenvalue weighted by Gasteiger charge is 2.16. The van der Waals surface area contributed by atoms with Crippen LogP contribution in [0.2, 0.25) is 0 Å². The minimum atomic E-state index is -1.30. The number of nitrogens with one attached hydrogen (secondary N) is 1. The van der Waals surface area contributed by atoms with E-state index in [2.05, 4.69) is 11.9 Å². The first-order chi connectivity index (χ1) is 8.99. The zero-order valence-electron chi connectivity index (χ0n) is 10.5. The van der Waals surface area contributed by atoms with Gasteiger partial charge in [0.15, 0.2) is 0 Å². The number of rotatable bonds is 5. The Morgan fingerprint density at radius 1 is 1.53 bits per heavy atom. The van der Waals surface area contributed by atoms with Crippen molar-refractivity contribution in [3.63, 3.8) is 0 Å². The number of hydrogen-bond donors (Lipinski definition) is 2. The van der Waals surface area contributed by atoms with E-state index in [0.717, 1.165) is 12.1 Å². The number of likely N-dealkylation sites (N-methyl/N-ethyl adjacent to an activating group) is 1. The highest BCUT2D eigenvalue weighted by molar-refractivity contribution is 6.00. The smallest absolute Gasteiger partial charge is 0.337 e. The maximum absolute atomic E-state index is 13.0. The lowest BCUT2D eigenvalue weighted by molar-refractivity contribution is 0.0697. The van der Waals surface area contributed by atoms with E-state index in [1.54, 1.807) is 13.0 Å². The van der Waals surface area contributed by atoms with Gasteiger partial charge in [0, 0.05) is 13.1 Å². The third kappa shape index (κ3) is 3.80. The lowest BCUT2D eigenvalue weighted by atomic mass is 10.1. The molecule has 0 saturated heterocycles. The largest absolute Gasteiger partial charge is 0.478 e. The summed E-state index contributed by atoms with van der Waals surface area (Å²) in [7, 11) is 0. The van der Waals surface area contributed by atoms with Crippen LogP contribution >= 0.6 is 0 Å². The van der Waals surface area contributed by atoms with Gasteiger partial charge in [0.1, 0.15) is 5.82 Å². The van der Waals surface area contributed by atoms with Crippen molar-refractivity contribution in [3.8, 4) is 0 Å². The molecule has 0 aliphatic carbocycles. The summed E-state index contributed by atoms with van der Waals surface area (Å²) in [5, 5.41) is 11.4. The van der Waals surface area contributed by atoms with Crippen molar-refractivity contribution < 1.29 is 19.1 Å². The first-order valence-corrected chi connectivity index (χ1v) is 5.69. The summed E-state index contributed by atoms with van der Waals surface area (Å²) < 4.78 is 13.0. The van der Waals surface area contributed by atoms with Crippen LogP contribution < -0.4 is 5.32 Å². The first kappa shape index (κ1) is 14.7. The molecule has 0 unspecified atom stereocenters. The molecule has 2 amide bonds. The monoisotopic (exact) mass is 266 g/mol. The number of carboxylic acid groups (broad SMARTS) is 1. The summed E-state index contributed by atoms with van der Waals surface area (Å²) in [6.45, 7) is 6.10. The van der Waals surface area contributed by atoms with Gasteiger partial charge in [0.25, 0.3) is 0 Å². The van der Waals surface area contributed by atoms with Gasteiger partial charge in [-0.2, -0.15) is 0 Å². The number of amides is 2. The molecule has 0 bridgehead atoms. The predicted octanol–water partition coefficient (Wildman–Crippen LogP) is 2.56. The van der Waals surface area contributed by atoms with Gasteiger partial charge in [-0.3, -0.25) is 0 Å². The second kappa shape index (κ2) is 6.53. The second-order valence-electron chi connectivity index (χ2n) is 3.75. The Kier molecular flexibility index (Phi) is 5.05. The number of anilines is 1. The fourth-order valence-electron chi connectivity index (χ4n) is 1.51. The molecule has 0 aromatic heterocycles. The maximum atomic E-state index is 13.0. The molecule has 0 spiro atoms. The molecule has 6 heteroatoms. The van der Waals surface area contributed by atoms with Crippen LogP contribution in [0.1, 0.15) is 17.3 Å². The van der Waals surface area contributed by atoms with Gasteiger partial charge in [0.05, 0.1) is 11.3 Å². The highest BCUT2D eigenvalue weighted by atomic mass is 19.1. The number of carbonyl (C=O) groups excluding carboxylic acids is 1. The molecule has 19 heavy (non-hydrogen) atoms. The molecule has 0 aliphatic heterocycles. The topological polar surface area (TPSA) is 69.6 Å². The van der Waals surface area contributed by atoms with Gasteiger partial charge >= 0.3 is 12.0 Å². The van der Waals surface area contributed by atoms with E-state index in [4.69, 9.17) is 5.11 Å². The predicted molar refractivity (Wildman–Crippen MR) is 69.8 cm³/mol. The van der Waals surface area contributed by atoms with Crippen LogP contribution in [0.25, 0.3) is 0 Å². The summed E-state index contributed by atoms with van der Waals surface area (Å²) in [6, 6.07) is 2.71. The highest BCUT2D eigenvalue weighted by Crippen LogP contribution is 2.17. The third-order valence-corrected chi connectivity index (χ3v) is 2.47.